The molecular weight excluding hydrogens is 261 g/mol. The zero-order valence-electron chi connectivity index (χ0n) is 9.46. The van der Waals surface area contributed by atoms with Crippen molar-refractivity contribution in [2.75, 3.05) is 6.61 Å². The summed E-state index contributed by atoms with van der Waals surface area (Å²) in [5, 5.41) is 2.69. The molecule has 0 spiro atoms. The van der Waals surface area contributed by atoms with Gasteiger partial charge in [0, 0.05) is 11.6 Å². The summed E-state index contributed by atoms with van der Waals surface area (Å²) in [6.45, 7) is 2.41. The van der Waals surface area contributed by atoms with Crippen LogP contribution >= 0.6 is 0 Å². The van der Waals surface area contributed by atoms with Crippen LogP contribution in [0.5, 0.6) is 5.75 Å². The van der Waals surface area contributed by atoms with Gasteiger partial charge in [0.2, 0.25) is 0 Å². The van der Waals surface area contributed by atoms with E-state index >= 15 is 0 Å². The maximum absolute atomic E-state index is 12.6. The Morgan fingerprint density at radius 2 is 2.00 bits per heavy atom. The molecule has 0 saturated heterocycles. The van der Waals surface area contributed by atoms with Gasteiger partial charge in [0.15, 0.2) is 0 Å². The highest BCUT2D eigenvalue weighted by atomic mass is 32.3. The van der Waals surface area contributed by atoms with E-state index in [1.165, 1.54) is 0 Å². The first-order chi connectivity index (χ1) is 8.50. The van der Waals surface area contributed by atoms with E-state index in [-0.39, 0.29) is 5.69 Å². The van der Waals surface area contributed by atoms with Crippen molar-refractivity contribution >= 4 is 10.2 Å². The third-order valence-electron chi connectivity index (χ3n) is 2.19. The number of nitrogens with zero attached hydrogens (tertiary/aromatic N) is 1. The molecule has 0 aliphatic carbocycles. The van der Waals surface area contributed by atoms with Gasteiger partial charge in [-0.2, -0.15) is 8.42 Å². The van der Waals surface area contributed by atoms with Gasteiger partial charge in [-0.15, -0.1) is 0 Å². The number of aromatic nitrogens is 1. The highest BCUT2D eigenvalue weighted by molar-refractivity contribution is 7.86. The van der Waals surface area contributed by atoms with Crippen molar-refractivity contribution < 1.29 is 21.6 Å². The van der Waals surface area contributed by atoms with Crippen LogP contribution in [0.4, 0.5) is 3.89 Å². The molecule has 0 atom stereocenters. The first kappa shape index (κ1) is 12.6. The van der Waals surface area contributed by atoms with Crippen LogP contribution in [-0.4, -0.2) is 20.2 Å². The SMILES string of the molecule is CCOc1ccc(-c2cc(S(=O)(=O)F)on2)cc1. The van der Waals surface area contributed by atoms with E-state index in [1.807, 2.05) is 6.92 Å². The Kier molecular flexibility index (Phi) is 3.33. The fourth-order valence-electron chi connectivity index (χ4n) is 1.40. The average Bonchev–Trinajstić information content (AvgIpc) is 2.79. The van der Waals surface area contributed by atoms with Gasteiger partial charge in [-0.3, -0.25) is 0 Å². The second-order valence-corrected chi connectivity index (χ2v) is 4.70. The Labute approximate surface area is 103 Å². The Balaban J connectivity index is 2.29. The number of halogens is 1. The monoisotopic (exact) mass is 271 g/mol. The lowest BCUT2D eigenvalue weighted by Crippen LogP contribution is -1.90. The second-order valence-electron chi connectivity index (χ2n) is 3.43. The molecule has 0 unspecified atom stereocenters. The van der Waals surface area contributed by atoms with Crippen LogP contribution in [0.1, 0.15) is 6.92 Å². The summed E-state index contributed by atoms with van der Waals surface area (Å²) >= 11 is 0. The lowest BCUT2D eigenvalue weighted by molar-refractivity contribution is 0.334. The van der Waals surface area contributed by atoms with Gasteiger partial charge in [-0.05, 0) is 31.2 Å². The van der Waals surface area contributed by atoms with Crippen LogP contribution < -0.4 is 4.74 Å². The molecule has 96 valence electrons. The zero-order valence-corrected chi connectivity index (χ0v) is 10.3. The molecule has 0 fully saturated rings. The molecule has 0 saturated carbocycles. The highest BCUT2D eigenvalue weighted by Crippen LogP contribution is 2.24. The van der Waals surface area contributed by atoms with E-state index in [4.69, 9.17) is 4.74 Å². The summed E-state index contributed by atoms with van der Waals surface area (Å²) < 4.78 is 43.5. The smallest absolute Gasteiger partial charge is 0.368 e. The number of hydrogen-bond acceptors (Lipinski definition) is 5. The minimum Gasteiger partial charge on any atom is -0.494 e. The molecule has 0 radical (unpaired) electrons. The summed E-state index contributed by atoms with van der Waals surface area (Å²) in [5.74, 6) is 0.683. The molecule has 18 heavy (non-hydrogen) atoms. The van der Waals surface area contributed by atoms with Crippen molar-refractivity contribution in [3.05, 3.63) is 30.3 Å². The molecule has 0 bridgehead atoms. The van der Waals surface area contributed by atoms with Crippen molar-refractivity contribution in [1.29, 1.82) is 0 Å². The van der Waals surface area contributed by atoms with Gasteiger partial charge in [0.05, 0.1) is 6.61 Å². The van der Waals surface area contributed by atoms with Crippen molar-refractivity contribution in [2.24, 2.45) is 0 Å². The molecule has 2 rings (SSSR count). The molecule has 0 N–H and O–H groups in total. The van der Waals surface area contributed by atoms with Gasteiger partial charge >= 0.3 is 10.2 Å². The highest BCUT2D eigenvalue weighted by Gasteiger charge is 2.19. The standard InChI is InChI=1S/C11H10FNO4S/c1-2-16-9-5-3-8(4-6-9)10-7-11(17-13-10)18(12,14)15/h3-7H,2H2,1H3. The minimum absolute atomic E-state index is 0.245. The van der Waals surface area contributed by atoms with E-state index in [2.05, 4.69) is 9.68 Å². The summed E-state index contributed by atoms with van der Waals surface area (Å²) in [6.07, 6.45) is 0. The topological polar surface area (TPSA) is 69.4 Å². The summed E-state index contributed by atoms with van der Waals surface area (Å²) in [6, 6.07) is 7.80. The largest absolute Gasteiger partial charge is 0.494 e. The lowest BCUT2D eigenvalue weighted by atomic mass is 10.1. The molecule has 1 aromatic heterocycles. The lowest BCUT2D eigenvalue weighted by Gasteiger charge is -2.02. The molecule has 1 aromatic carbocycles. The Morgan fingerprint density at radius 1 is 1.33 bits per heavy atom. The molecular formula is C11H10FNO4S. The first-order valence-corrected chi connectivity index (χ1v) is 6.53. The third-order valence-corrected chi connectivity index (χ3v) is 2.86. The number of benzene rings is 1. The second kappa shape index (κ2) is 4.77. The summed E-state index contributed by atoms with van der Waals surface area (Å²) in [5.41, 5.74) is 0.853. The molecule has 5 nitrogen and oxygen atoms in total. The van der Waals surface area contributed by atoms with Gasteiger partial charge in [-0.25, -0.2) is 0 Å². The zero-order chi connectivity index (χ0) is 13.2. The van der Waals surface area contributed by atoms with Crippen LogP contribution in [-0.2, 0) is 10.2 Å². The van der Waals surface area contributed by atoms with Crippen molar-refractivity contribution in [3.63, 3.8) is 0 Å². The predicted molar refractivity (Wildman–Crippen MR) is 61.4 cm³/mol. The van der Waals surface area contributed by atoms with E-state index in [1.54, 1.807) is 24.3 Å². The van der Waals surface area contributed by atoms with Gasteiger partial charge < -0.3 is 9.26 Å². The normalized spacial score (nSPS) is 11.4. The fraction of sp³-hybridized carbons (Fsp3) is 0.182. The molecule has 0 amide bonds. The Hall–Kier alpha value is -1.89. The Bertz CT molecular complexity index is 633. The number of rotatable bonds is 4. The van der Waals surface area contributed by atoms with Gasteiger partial charge in [0.1, 0.15) is 11.4 Å². The van der Waals surface area contributed by atoms with Gasteiger partial charge in [0.25, 0.3) is 5.09 Å². The fourth-order valence-corrected chi connectivity index (χ4v) is 1.78. The molecule has 0 aliphatic heterocycles. The quantitative estimate of drug-likeness (QED) is 0.798. The van der Waals surface area contributed by atoms with Gasteiger partial charge in [-0.1, -0.05) is 9.04 Å². The number of hydrogen-bond donors (Lipinski definition) is 0. The first-order valence-electron chi connectivity index (χ1n) is 5.15. The maximum atomic E-state index is 12.6. The van der Waals surface area contributed by atoms with Crippen LogP contribution in [0.15, 0.2) is 39.9 Å². The molecule has 1 heterocycles. The van der Waals surface area contributed by atoms with Crippen molar-refractivity contribution in [3.8, 4) is 17.0 Å². The Morgan fingerprint density at radius 3 is 2.50 bits per heavy atom. The average molecular weight is 271 g/mol. The maximum Gasteiger partial charge on any atom is 0.368 e. The molecule has 7 heteroatoms. The van der Waals surface area contributed by atoms with E-state index in [9.17, 15) is 12.3 Å². The number of ether oxygens (including phenoxy) is 1. The van der Waals surface area contributed by atoms with Crippen LogP contribution in [0.2, 0.25) is 0 Å². The van der Waals surface area contributed by atoms with Crippen LogP contribution in [0.25, 0.3) is 11.3 Å². The van der Waals surface area contributed by atoms with Crippen LogP contribution in [0, 0.1) is 0 Å². The summed E-state index contributed by atoms with van der Waals surface area (Å²) in [4.78, 5) is 0. The predicted octanol–water partition coefficient (Wildman–Crippen LogP) is 2.40. The molecule has 2 aromatic rings. The van der Waals surface area contributed by atoms with Crippen molar-refractivity contribution in [2.45, 2.75) is 12.0 Å². The third kappa shape index (κ3) is 2.67. The van der Waals surface area contributed by atoms with E-state index < -0.39 is 15.3 Å². The van der Waals surface area contributed by atoms with Crippen LogP contribution in [0.3, 0.4) is 0 Å². The van der Waals surface area contributed by atoms with E-state index in [0.29, 0.717) is 17.9 Å². The van der Waals surface area contributed by atoms with Crippen molar-refractivity contribution in [1.82, 2.24) is 5.16 Å². The minimum atomic E-state index is -4.86. The summed E-state index contributed by atoms with van der Waals surface area (Å²) in [7, 11) is -4.86. The van der Waals surface area contributed by atoms with E-state index in [0.717, 1.165) is 6.07 Å². The molecule has 0 aliphatic rings.